The van der Waals surface area contributed by atoms with E-state index < -0.39 is 0 Å². The number of nitrogen functional groups attached to an aromatic ring is 1. The Hall–Kier alpha value is -1.09. The Bertz CT molecular complexity index is 471. The average molecular weight is 192 g/mol. The quantitative estimate of drug-likeness (QED) is 0.652. The van der Waals surface area contributed by atoms with Gasteiger partial charge in [-0.25, -0.2) is 4.98 Å². The van der Waals surface area contributed by atoms with Gasteiger partial charge in [0.1, 0.15) is 0 Å². The lowest BCUT2D eigenvalue weighted by molar-refractivity contribution is 1.32. The Kier molecular flexibility index (Phi) is 1.77. The molecule has 0 saturated carbocycles. The monoisotopic (exact) mass is 192 g/mol. The fourth-order valence-electron chi connectivity index (χ4n) is 1.51. The summed E-state index contributed by atoms with van der Waals surface area (Å²) in [6.45, 7) is 6.09. The lowest BCUT2D eigenvalue weighted by Gasteiger charge is -2.03. The van der Waals surface area contributed by atoms with Gasteiger partial charge in [0.2, 0.25) is 0 Å². The van der Waals surface area contributed by atoms with Crippen LogP contribution in [0.1, 0.15) is 16.1 Å². The van der Waals surface area contributed by atoms with Gasteiger partial charge < -0.3 is 5.73 Å². The predicted molar refractivity (Wildman–Crippen MR) is 58.2 cm³/mol. The molecule has 0 fully saturated rings. The minimum absolute atomic E-state index is 0.873. The third-order valence-electron chi connectivity index (χ3n) is 2.29. The number of benzene rings is 1. The average Bonchev–Trinajstić information content (AvgIpc) is 2.42. The third-order valence-corrected chi connectivity index (χ3v) is 3.21. The van der Waals surface area contributed by atoms with Gasteiger partial charge in [0.05, 0.1) is 15.2 Å². The van der Waals surface area contributed by atoms with Crippen LogP contribution in [0.25, 0.3) is 10.2 Å². The van der Waals surface area contributed by atoms with Crippen LogP contribution in [0.15, 0.2) is 6.07 Å². The summed E-state index contributed by atoms with van der Waals surface area (Å²) in [6.07, 6.45) is 0. The maximum absolute atomic E-state index is 5.92. The molecule has 0 atom stereocenters. The van der Waals surface area contributed by atoms with Gasteiger partial charge in [-0.3, -0.25) is 0 Å². The molecule has 1 heterocycles. The van der Waals surface area contributed by atoms with Gasteiger partial charge in [0.15, 0.2) is 0 Å². The molecule has 1 aromatic carbocycles. The van der Waals surface area contributed by atoms with Crippen molar-refractivity contribution in [3.8, 4) is 0 Å². The van der Waals surface area contributed by atoms with Crippen LogP contribution >= 0.6 is 11.3 Å². The summed E-state index contributed by atoms with van der Waals surface area (Å²) in [4.78, 5) is 4.45. The molecule has 3 heteroatoms. The largest absolute Gasteiger partial charge is 0.398 e. The van der Waals surface area contributed by atoms with Crippen molar-refractivity contribution in [2.75, 3.05) is 5.73 Å². The number of hydrogen-bond donors (Lipinski definition) is 1. The van der Waals surface area contributed by atoms with Crippen molar-refractivity contribution in [1.82, 2.24) is 4.98 Å². The number of rotatable bonds is 0. The summed E-state index contributed by atoms with van der Waals surface area (Å²) in [6, 6.07) is 2.11. The molecule has 68 valence electrons. The van der Waals surface area contributed by atoms with E-state index in [0.29, 0.717) is 0 Å². The van der Waals surface area contributed by atoms with Gasteiger partial charge in [-0.1, -0.05) is 0 Å². The summed E-state index contributed by atoms with van der Waals surface area (Å²) < 4.78 is 1.24. The number of hydrogen-bond acceptors (Lipinski definition) is 3. The Morgan fingerprint density at radius 1 is 1.31 bits per heavy atom. The van der Waals surface area contributed by atoms with E-state index in [0.717, 1.165) is 27.3 Å². The second-order valence-corrected chi connectivity index (χ2v) is 4.55. The molecule has 13 heavy (non-hydrogen) atoms. The van der Waals surface area contributed by atoms with E-state index in [4.69, 9.17) is 5.73 Å². The molecule has 2 nitrogen and oxygen atoms in total. The lowest BCUT2D eigenvalue weighted by atomic mass is 10.1. The molecule has 2 aromatic rings. The molecule has 0 aliphatic carbocycles. The third kappa shape index (κ3) is 1.20. The standard InChI is InChI=1S/C10H12N2S/c1-5-4-8-10(6(2)9(5)11)12-7(3)13-8/h4H,11H2,1-3H3. The fourth-order valence-corrected chi connectivity index (χ4v) is 2.49. The molecule has 1 aromatic heterocycles. The van der Waals surface area contributed by atoms with Crippen LogP contribution in [-0.2, 0) is 0 Å². The summed E-state index contributed by atoms with van der Waals surface area (Å²) in [5, 5.41) is 1.10. The Morgan fingerprint density at radius 2 is 2.00 bits per heavy atom. The summed E-state index contributed by atoms with van der Waals surface area (Å²) in [5.74, 6) is 0. The molecule has 0 bridgehead atoms. The molecule has 2 N–H and O–H groups in total. The smallest absolute Gasteiger partial charge is 0.0907 e. The number of fused-ring (bicyclic) bond motifs is 1. The number of nitrogens with zero attached hydrogens (tertiary/aromatic N) is 1. The zero-order chi connectivity index (χ0) is 9.59. The first-order valence-corrected chi connectivity index (χ1v) is 5.04. The molecular formula is C10H12N2S. The molecular weight excluding hydrogens is 180 g/mol. The Morgan fingerprint density at radius 3 is 2.69 bits per heavy atom. The maximum atomic E-state index is 5.92. The van der Waals surface area contributed by atoms with Crippen molar-refractivity contribution in [3.63, 3.8) is 0 Å². The van der Waals surface area contributed by atoms with Crippen molar-refractivity contribution in [2.45, 2.75) is 20.8 Å². The highest BCUT2D eigenvalue weighted by Crippen LogP contribution is 2.30. The molecule has 0 spiro atoms. The van der Waals surface area contributed by atoms with E-state index in [1.807, 2.05) is 20.8 Å². The van der Waals surface area contributed by atoms with E-state index in [1.165, 1.54) is 4.70 Å². The summed E-state index contributed by atoms with van der Waals surface area (Å²) in [5.41, 5.74) is 10.1. The zero-order valence-corrected chi connectivity index (χ0v) is 8.83. The van der Waals surface area contributed by atoms with Crippen LogP contribution in [0.3, 0.4) is 0 Å². The lowest BCUT2D eigenvalue weighted by Crippen LogP contribution is -1.93. The van der Waals surface area contributed by atoms with Crippen LogP contribution in [0, 0.1) is 20.8 Å². The number of nitrogens with two attached hydrogens (primary N) is 1. The topological polar surface area (TPSA) is 38.9 Å². The number of anilines is 1. The second-order valence-electron chi connectivity index (χ2n) is 3.31. The van der Waals surface area contributed by atoms with Crippen LogP contribution < -0.4 is 5.73 Å². The van der Waals surface area contributed by atoms with E-state index >= 15 is 0 Å². The zero-order valence-electron chi connectivity index (χ0n) is 8.01. The Labute approximate surface area is 81.4 Å². The first-order chi connectivity index (χ1) is 6.09. The first kappa shape index (κ1) is 8.51. The van der Waals surface area contributed by atoms with E-state index in [2.05, 4.69) is 11.1 Å². The molecule has 0 aliphatic heterocycles. The highest BCUT2D eigenvalue weighted by atomic mass is 32.1. The fraction of sp³-hybridized carbons (Fsp3) is 0.300. The van der Waals surface area contributed by atoms with E-state index in [-0.39, 0.29) is 0 Å². The van der Waals surface area contributed by atoms with Crippen molar-refractivity contribution < 1.29 is 0 Å². The van der Waals surface area contributed by atoms with Gasteiger partial charge in [-0.2, -0.15) is 0 Å². The SMILES string of the molecule is Cc1nc2c(C)c(N)c(C)cc2s1. The molecule has 0 saturated heterocycles. The van der Waals surface area contributed by atoms with Gasteiger partial charge in [-0.05, 0) is 38.0 Å². The van der Waals surface area contributed by atoms with Crippen LogP contribution in [0.2, 0.25) is 0 Å². The molecule has 0 unspecified atom stereocenters. The van der Waals surface area contributed by atoms with Crippen molar-refractivity contribution >= 4 is 27.2 Å². The van der Waals surface area contributed by atoms with Gasteiger partial charge in [0, 0.05) is 5.69 Å². The molecule has 2 rings (SSSR count). The minimum Gasteiger partial charge on any atom is -0.398 e. The molecule has 0 radical (unpaired) electrons. The predicted octanol–water partition coefficient (Wildman–Crippen LogP) is 2.80. The second kappa shape index (κ2) is 2.70. The van der Waals surface area contributed by atoms with Gasteiger partial charge >= 0.3 is 0 Å². The van der Waals surface area contributed by atoms with Crippen molar-refractivity contribution in [1.29, 1.82) is 0 Å². The maximum Gasteiger partial charge on any atom is 0.0907 e. The van der Waals surface area contributed by atoms with Crippen LogP contribution in [0.5, 0.6) is 0 Å². The highest BCUT2D eigenvalue weighted by molar-refractivity contribution is 7.18. The number of aromatic nitrogens is 1. The molecule has 0 amide bonds. The van der Waals surface area contributed by atoms with Gasteiger partial charge in [0.25, 0.3) is 0 Å². The highest BCUT2D eigenvalue weighted by Gasteiger charge is 2.08. The van der Waals surface area contributed by atoms with Crippen LogP contribution in [0.4, 0.5) is 5.69 Å². The minimum atomic E-state index is 0.873. The van der Waals surface area contributed by atoms with Crippen molar-refractivity contribution in [2.24, 2.45) is 0 Å². The van der Waals surface area contributed by atoms with E-state index in [9.17, 15) is 0 Å². The van der Waals surface area contributed by atoms with Crippen LogP contribution in [-0.4, -0.2) is 4.98 Å². The Balaban J connectivity index is 2.92. The molecule has 0 aliphatic rings. The summed E-state index contributed by atoms with van der Waals surface area (Å²) in [7, 11) is 0. The number of thiazole rings is 1. The number of aryl methyl sites for hydroxylation is 3. The summed E-state index contributed by atoms with van der Waals surface area (Å²) >= 11 is 1.72. The van der Waals surface area contributed by atoms with Gasteiger partial charge in [-0.15, -0.1) is 11.3 Å². The first-order valence-electron chi connectivity index (χ1n) is 4.22. The van der Waals surface area contributed by atoms with E-state index in [1.54, 1.807) is 11.3 Å². The normalized spacial score (nSPS) is 11.0. The van der Waals surface area contributed by atoms with Crippen molar-refractivity contribution in [3.05, 3.63) is 22.2 Å².